The van der Waals surface area contributed by atoms with Crippen LogP contribution in [0.4, 0.5) is 14.5 Å². The molecule has 0 atom stereocenters. The van der Waals surface area contributed by atoms with Crippen molar-refractivity contribution in [1.82, 2.24) is 14.3 Å². The van der Waals surface area contributed by atoms with Crippen molar-refractivity contribution in [3.63, 3.8) is 0 Å². The number of thiophene rings is 1. The molecule has 162 valence electrons. The molecule has 7 nitrogen and oxygen atoms in total. The minimum atomic E-state index is -1.88. The highest BCUT2D eigenvalue weighted by Crippen LogP contribution is 2.33. The second-order valence-corrected chi connectivity index (χ2v) is 8.36. The van der Waals surface area contributed by atoms with E-state index in [1.54, 1.807) is 11.9 Å². The van der Waals surface area contributed by atoms with E-state index in [2.05, 4.69) is 11.2 Å². The summed E-state index contributed by atoms with van der Waals surface area (Å²) in [6.07, 6.45) is 0.684. The van der Waals surface area contributed by atoms with E-state index in [1.807, 2.05) is 23.6 Å². The van der Waals surface area contributed by atoms with E-state index >= 15 is 0 Å². The van der Waals surface area contributed by atoms with Gasteiger partial charge < -0.3 is 10.6 Å². The number of aryl methyl sites for hydroxylation is 1. The highest BCUT2D eigenvalue weighted by atomic mass is 32.1. The molecule has 4 rings (SSSR count). The molecule has 2 aromatic heterocycles. The van der Waals surface area contributed by atoms with Crippen LogP contribution in [-0.4, -0.2) is 33.8 Å². The molecule has 10 heteroatoms. The number of hydrogen-bond acceptors (Lipinski definition) is 5. The number of amides is 1. The number of carbonyl (C=O) groups excluding carboxylic acids is 1. The van der Waals surface area contributed by atoms with Crippen molar-refractivity contribution in [1.29, 1.82) is 0 Å². The third kappa shape index (κ3) is 4.21. The zero-order chi connectivity index (χ0) is 22.1. The van der Waals surface area contributed by atoms with Crippen molar-refractivity contribution in [2.24, 2.45) is 5.73 Å². The lowest BCUT2D eigenvalue weighted by Crippen LogP contribution is -2.30. The highest BCUT2D eigenvalue weighted by molar-refractivity contribution is 7.10. The Bertz CT molecular complexity index is 1220. The molecule has 1 amide bonds. The van der Waals surface area contributed by atoms with Gasteiger partial charge in [0.2, 0.25) is 5.91 Å². The third-order valence-electron chi connectivity index (χ3n) is 5.39. The average molecular weight is 445 g/mol. The molecule has 0 unspecified atom stereocenters. The summed E-state index contributed by atoms with van der Waals surface area (Å²) < 4.78 is 28.0. The lowest BCUT2D eigenvalue weighted by atomic mass is 9.97. The summed E-state index contributed by atoms with van der Waals surface area (Å²) in [5, 5.41) is 5.94. The molecule has 0 aliphatic carbocycles. The fourth-order valence-corrected chi connectivity index (χ4v) is 4.48. The lowest BCUT2D eigenvalue weighted by molar-refractivity contribution is -0.118. The monoisotopic (exact) mass is 445 g/mol. The molecule has 3 heterocycles. The summed E-state index contributed by atoms with van der Waals surface area (Å²) in [7, 11) is 1.79. The van der Waals surface area contributed by atoms with Crippen LogP contribution in [0.25, 0.3) is 11.1 Å². The quantitative estimate of drug-likeness (QED) is 0.632. The van der Waals surface area contributed by atoms with Gasteiger partial charge in [0.05, 0.1) is 13.1 Å². The molecule has 0 saturated heterocycles. The smallest absolute Gasteiger partial charge is 0.327 e. The molecule has 0 radical (unpaired) electrons. The van der Waals surface area contributed by atoms with E-state index in [0.717, 1.165) is 38.4 Å². The predicted molar refractivity (Wildman–Crippen MR) is 115 cm³/mol. The van der Waals surface area contributed by atoms with Crippen LogP contribution in [0.15, 0.2) is 52.4 Å². The number of nitrogens with zero attached hydrogens (tertiary/aromatic N) is 4. The van der Waals surface area contributed by atoms with Gasteiger partial charge in [0.15, 0.2) is 0 Å². The topological polar surface area (TPSA) is 86.2 Å². The molecule has 1 aliphatic rings. The van der Waals surface area contributed by atoms with Crippen molar-refractivity contribution in [2.45, 2.75) is 25.9 Å². The van der Waals surface area contributed by atoms with Gasteiger partial charge in [-0.1, -0.05) is 6.07 Å². The molecule has 3 aromatic rings. The van der Waals surface area contributed by atoms with Crippen LogP contribution in [0.3, 0.4) is 0 Å². The Balaban J connectivity index is 1.53. The van der Waals surface area contributed by atoms with Gasteiger partial charge in [0, 0.05) is 36.2 Å². The third-order valence-corrected chi connectivity index (χ3v) is 6.31. The number of rotatable bonds is 6. The van der Waals surface area contributed by atoms with E-state index < -0.39 is 11.8 Å². The van der Waals surface area contributed by atoms with Crippen molar-refractivity contribution >= 4 is 22.9 Å². The zero-order valence-electron chi connectivity index (χ0n) is 16.8. The Kier molecular flexibility index (Phi) is 5.84. The van der Waals surface area contributed by atoms with Crippen LogP contribution in [0.1, 0.15) is 16.9 Å². The summed E-state index contributed by atoms with van der Waals surface area (Å²) in [4.78, 5) is 27.0. The van der Waals surface area contributed by atoms with Crippen molar-refractivity contribution in [3.8, 4) is 11.1 Å². The van der Waals surface area contributed by atoms with Crippen LogP contribution in [0.5, 0.6) is 0 Å². The highest BCUT2D eigenvalue weighted by Gasteiger charge is 2.21. The number of fused-ring (bicyclic) bond motifs is 1. The maximum absolute atomic E-state index is 12.8. The summed E-state index contributed by atoms with van der Waals surface area (Å²) in [5.74, 6) is 0.118. The summed E-state index contributed by atoms with van der Waals surface area (Å²) in [5.41, 5.74) is 8.66. The number of aromatic nitrogens is 3. The molecule has 1 aromatic carbocycles. The molecular formula is C21H21F2N5O2S. The standard InChI is InChI=1S/C21H21F2N5O2S/c1-26-18-4-2-13(6-14(18)3-5-19(26)29)15-7-17(31-11-15)10-27-12-25-28(21(27)30)9-16(8-24)20(22)23/h2,4,6-7,11-12H,3,5,8-10,24H2,1H3. The van der Waals surface area contributed by atoms with Crippen LogP contribution in [0.2, 0.25) is 0 Å². The molecule has 0 spiro atoms. The van der Waals surface area contributed by atoms with Gasteiger partial charge in [0.25, 0.3) is 6.08 Å². The maximum atomic E-state index is 12.8. The van der Waals surface area contributed by atoms with Gasteiger partial charge in [-0.25, -0.2) is 9.48 Å². The maximum Gasteiger partial charge on any atom is 0.346 e. The Hall–Kier alpha value is -3.11. The largest absolute Gasteiger partial charge is 0.346 e. The number of nitrogens with two attached hydrogens (primary N) is 1. The van der Waals surface area contributed by atoms with E-state index in [1.165, 1.54) is 22.2 Å². The molecular weight excluding hydrogens is 424 g/mol. The number of hydrogen-bond donors (Lipinski definition) is 1. The normalized spacial score (nSPS) is 13.4. The second kappa shape index (κ2) is 8.56. The first-order valence-electron chi connectivity index (χ1n) is 9.70. The number of anilines is 1. The number of halogens is 2. The molecule has 0 fully saturated rings. The van der Waals surface area contributed by atoms with Crippen LogP contribution in [0, 0.1) is 0 Å². The predicted octanol–water partition coefficient (Wildman–Crippen LogP) is 2.84. The molecule has 0 saturated carbocycles. The van der Waals surface area contributed by atoms with Gasteiger partial charge in [-0.3, -0.25) is 9.36 Å². The fourth-order valence-electron chi connectivity index (χ4n) is 3.59. The summed E-state index contributed by atoms with van der Waals surface area (Å²) in [6.45, 7) is -0.363. The van der Waals surface area contributed by atoms with Gasteiger partial charge in [-0.2, -0.15) is 13.9 Å². The molecule has 1 aliphatic heterocycles. The minimum absolute atomic E-state index is 0.118. The molecule has 2 N–H and O–H groups in total. The van der Waals surface area contributed by atoms with E-state index in [-0.39, 0.29) is 24.6 Å². The molecule has 0 bridgehead atoms. The van der Waals surface area contributed by atoms with Crippen LogP contribution in [-0.2, 0) is 24.3 Å². The van der Waals surface area contributed by atoms with E-state index in [4.69, 9.17) is 5.73 Å². The Morgan fingerprint density at radius 1 is 1.19 bits per heavy atom. The zero-order valence-corrected chi connectivity index (χ0v) is 17.7. The van der Waals surface area contributed by atoms with Crippen molar-refractivity contribution in [3.05, 3.63) is 68.6 Å². The van der Waals surface area contributed by atoms with Crippen molar-refractivity contribution < 1.29 is 13.6 Å². The molecule has 31 heavy (non-hydrogen) atoms. The summed E-state index contributed by atoms with van der Waals surface area (Å²) in [6, 6.07) is 8.04. The summed E-state index contributed by atoms with van der Waals surface area (Å²) >= 11 is 1.51. The van der Waals surface area contributed by atoms with Crippen LogP contribution >= 0.6 is 11.3 Å². The Morgan fingerprint density at radius 2 is 2.00 bits per heavy atom. The van der Waals surface area contributed by atoms with Crippen LogP contribution < -0.4 is 16.3 Å². The van der Waals surface area contributed by atoms with E-state index in [9.17, 15) is 18.4 Å². The van der Waals surface area contributed by atoms with E-state index in [0.29, 0.717) is 13.0 Å². The SMILES string of the molecule is CN1C(=O)CCc2cc(-c3csc(Cn4cnn(CC(CN)=C(F)F)c4=O)c3)ccc21. The Morgan fingerprint density at radius 3 is 2.74 bits per heavy atom. The first kappa shape index (κ1) is 21.1. The fraction of sp³-hybridized carbons (Fsp3) is 0.286. The number of benzene rings is 1. The number of carbonyl (C=O) groups is 1. The minimum Gasteiger partial charge on any atom is -0.327 e. The van der Waals surface area contributed by atoms with Gasteiger partial charge >= 0.3 is 5.69 Å². The van der Waals surface area contributed by atoms with Gasteiger partial charge in [-0.05, 0) is 46.7 Å². The van der Waals surface area contributed by atoms with Gasteiger partial charge in [0.1, 0.15) is 6.33 Å². The van der Waals surface area contributed by atoms with Gasteiger partial charge in [-0.15, -0.1) is 11.3 Å². The van der Waals surface area contributed by atoms with Crippen molar-refractivity contribution in [2.75, 3.05) is 18.5 Å². The Labute approximate surface area is 181 Å². The average Bonchev–Trinajstić information content (AvgIpc) is 3.36. The lowest BCUT2D eigenvalue weighted by Gasteiger charge is -2.26. The first-order chi connectivity index (χ1) is 14.9. The first-order valence-corrected chi connectivity index (χ1v) is 10.6. The second-order valence-electron chi connectivity index (χ2n) is 7.37.